The summed E-state index contributed by atoms with van der Waals surface area (Å²) in [6.45, 7) is 0. The second kappa shape index (κ2) is 3.45. The van der Waals surface area contributed by atoms with Gasteiger partial charge in [-0.25, -0.2) is 0 Å². The van der Waals surface area contributed by atoms with Gasteiger partial charge in [0, 0.05) is 12.0 Å². The Bertz CT molecular complexity index is 314. The van der Waals surface area contributed by atoms with Crippen LogP contribution in [-0.4, -0.2) is 29.6 Å². The summed E-state index contributed by atoms with van der Waals surface area (Å²) in [6, 6.07) is 0. The van der Waals surface area contributed by atoms with E-state index in [0.29, 0.717) is 18.9 Å². The van der Waals surface area contributed by atoms with E-state index in [1.165, 1.54) is 6.08 Å². The molecular weight excluding hydrogens is 172 g/mol. The molecule has 4 nitrogen and oxygen atoms in total. The first-order valence-electron chi connectivity index (χ1n) is 3.66. The molecule has 1 aliphatic carbocycles. The van der Waals surface area contributed by atoms with Crippen LogP contribution in [0.3, 0.4) is 0 Å². The van der Waals surface area contributed by atoms with Gasteiger partial charge in [-0.3, -0.25) is 14.4 Å². The Balaban J connectivity index is 3.08. The van der Waals surface area contributed by atoms with Crippen LogP contribution in [0.1, 0.15) is 6.42 Å². The first kappa shape index (κ1) is 9.54. The van der Waals surface area contributed by atoms with Gasteiger partial charge in [-0.15, -0.1) is 0 Å². The molecule has 0 radical (unpaired) electrons. The van der Waals surface area contributed by atoms with E-state index in [0.717, 1.165) is 6.08 Å². The minimum absolute atomic E-state index is 0.0721. The molecule has 0 aromatic heterocycles. The van der Waals surface area contributed by atoms with E-state index in [4.69, 9.17) is 0 Å². The Morgan fingerprint density at radius 2 is 2.00 bits per heavy atom. The van der Waals surface area contributed by atoms with Crippen molar-refractivity contribution in [2.45, 2.75) is 12.0 Å². The van der Waals surface area contributed by atoms with Crippen molar-refractivity contribution in [1.29, 1.82) is 0 Å². The fourth-order valence-electron chi connectivity index (χ4n) is 1.19. The van der Waals surface area contributed by atoms with Crippen molar-refractivity contribution in [2.24, 2.45) is 0 Å². The average Bonchev–Trinajstić information content (AvgIpc) is 2.17. The normalized spacial score (nSPS) is 27.2. The van der Waals surface area contributed by atoms with E-state index >= 15 is 0 Å². The standard InChI is InChI=1S/C9H8O4/c10-4-7-1-8(5-11)3-9(13,2-7)6-12/h1-2,4-6,13H,3H2. The zero-order valence-corrected chi connectivity index (χ0v) is 6.77. The van der Waals surface area contributed by atoms with E-state index in [-0.39, 0.29) is 17.6 Å². The van der Waals surface area contributed by atoms with Gasteiger partial charge in [0.15, 0.2) is 6.29 Å². The van der Waals surface area contributed by atoms with Gasteiger partial charge in [-0.05, 0) is 17.7 Å². The van der Waals surface area contributed by atoms with Gasteiger partial charge in [0.1, 0.15) is 18.2 Å². The highest BCUT2D eigenvalue weighted by molar-refractivity contribution is 5.88. The van der Waals surface area contributed by atoms with E-state index in [2.05, 4.69) is 0 Å². The lowest BCUT2D eigenvalue weighted by atomic mass is 9.88. The van der Waals surface area contributed by atoms with Gasteiger partial charge in [0.05, 0.1) is 0 Å². The molecule has 0 amide bonds. The molecule has 0 aromatic carbocycles. The zero-order valence-electron chi connectivity index (χ0n) is 6.77. The summed E-state index contributed by atoms with van der Waals surface area (Å²) >= 11 is 0. The number of hydrogen-bond acceptors (Lipinski definition) is 4. The van der Waals surface area contributed by atoms with E-state index in [1.807, 2.05) is 0 Å². The van der Waals surface area contributed by atoms with Crippen LogP contribution in [0.4, 0.5) is 0 Å². The molecule has 0 saturated heterocycles. The van der Waals surface area contributed by atoms with Crippen molar-refractivity contribution < 1.29 is 19.5 Å². The lowest BCUT2D eigenvalue weighted by Gasteiger charge is -2.21. The van der Waals surface area contributed by atoms with Crippen LogP contribution in [0.15, 0.2) is 23.3 Å². The largest absolute Gasteiger partial charge is 0.378 e. The second-order valence-corrected chi connectivity index (χ2v) is 2.89. The fraction of sp³-hybridized carbons (Fsp3) is 0.222. The molecule has 13 heavy (non-hydrogen) atoms. The van der Waals surface area contributed by atoms with Crippen molar-refractivity contribution in [2.75, 3.05) is 0 Å². The highest BCUT2D eigenvalue weighted by Gasteiger charge is 2.28. The first-order valence-corrected chi connectivity index (χ1v) is 3.66. The van der Waals surface area contributed by atoms with Gasteiger partial charge in [-0.2, -0.15) is 0 Å². The monoisotopic (exact) mass is 180 g/mol. The predicted molar refractivity (Wildman–Crippen MR) is 43.9 cm³/mol. The third kappa shape index (κ3) is 1.97. The molecule has 0 aromatic rings. The van der Waals surface area contributed by atoms with Crippen molar-refractivity contribution in [1.82, 2.24) is 0 Å². The molecule has 1 unspecified atom stereocenters. The Morgan fingerprint density at radius 1 is 1.31 bits per heavy atom. The van der Waals surface area contributed by atoms with Crippen molar-refractivity contribution >= 4 is 18.9 Å². The Labute approximate surface area is 74.6 Å². The van der Waals surface area contributed by atoms with Crippen molar-refractivity contribution in [3.63, 3.8) is 0 Å². The molecule has 0 heterocycles. The maximum atomic E-state index is 10.5. The maximum Gasteiger partial charge on any atom is 0.155 e. The fourth-order valence-corrected chi connectivity index (χ4v) is 1.19. The average molecular weight is 180 g/mol. The molecule has 0 aliphatic heterocycles. The second-order valence-electron chi connectivity index (χ2n) is 2.89. The lowest BCUT2D eigenvalue weighted by molar-refractivity contribution is -0.120. The number of hydrogen-bond donors (Lipinski definition) is 1. The minimum atomic E-state index is -1.71. The smallest absolute Gasteiger partial charge is 0.155 e. The van der Waals surface area contributed by atoms with Crippen LogP contribution in [0.2, 0.25) is 0 Å². The minimum Gasteiger partial charge on any atom is -0.378 e. The van der Waals surface area contributed by atoms with E-state index < -0.39 is 5.60 Å². The molecule has 0 spiro atoms. The summed E-state index contributed by atoms with van der Waals surface area (Å²) in [6.07, 6.45) is 3.73. The van der Waals surface area contributed by atoms with Crippen LogP contribution in [-0.2, 0) is 14.4 Å². The third-order valence-electron chi connectivity index (χ3n) is 1.75. The molecule has 1 aliphatic rings. The Kier molecular flexibility index (Phi) is 2.53. The lowest BCUT2D eigenvalue weighted by Crippen LogP contribution is -2.31. The van der Waals surface area contributed by atoms with Gasteiger partial charge in [0.2, 0.25) is 0 Å². The molecule has 4 heteroatoms. The summed E-state index contributed by atoms with van der Waals surface area (Å²) in [5.74, 6) is 0. The summed E-state index contributed by atoms with van der Waals surface area (Å²) in [5, 5.41) is 9.48. The van der Waals surface area contributed by atoms with Gasteiger partial charge in [0.25, 0.3) is 0 Å². The first-order chi connectivity index (χ1) is 6.13. The van der Waals surface area contributed by atoms with Crippen molar-refractivity contribution in [3.05, 3.63) is 23.3 Å². The number of rotatable bonds is 3. The van der Waals surface area contributed by atoms with Crippen LogP contribution >= 0.6 is 0 Å². The van der Waals surface area contributed by atoms with Crippen LogP contribution in [0.5, 0.6) is 0 Å². The highest BCUT2D eigenvalue weighted by atomic mass is 16.3. The number of allylic oxidation sites excluding steroid dienone is 2. The zero-order chi connectivity index (χ0) is 9.90. The number of carbonyl (C=O) groups is 3. The SMILES string of the molecule is O=CC1=CC(O)(C=O)CC(C=O)=C1. The van der Waals surface area contributed by atoms with Crippen molar-refractivity contribution in [3.8, 4) is 0 Å². The Hall–Kier alpha value is -1.55. The Morgan fingerprint density at radius 3 is 2.46 bits per heavy atom. The third-order valence-corrected chi connectivity index (χ3v) is 1.75. The summed E-state index contributed by atoms with van der Waals surface area (Å²) in [4.78, 5) is 31.2. The molecule has 1 atom stereocenters. The summed E-state index contributed by atoms with van der Waals surface area (Å²) < 4.78 is 0. The van der Waals surface area contributed by atoms with Crippen LogP contribution < -0.4 is 0 Å². The quantitative estimate of drug-likeness (QED) is 0.598. The molecular formula is C9H8O4. The molecule has 0 bridgehead atoms. The van der Waals surface area contributed by atoms with Gasteiger partial charge < -0.3 is 5.11 Å². The number of carbonyl (C=O) groups excluding carboxylic acids is 3. The number of aliphatic hydroxyl groups is 1. The van der Waals surface area contributed by atoms with Gasteiger partial charge in [-0.1, -0.05) is 0 Å². The van der Waals surface area contributed by atoms with E-state index in [9.17, 15) is 19.5 Å². The predicted octanol–water partition coefficient (Wildman–Crippen LogP) is -0.429. The highest BCUT2D eigenvalue weighted by Crippen LogP contribution is 2.22. The van der Waals surface area contributed by atoms with Crippen LogP contribution in [0.25, 0.3) is 0 Å². The topological polar surface area (TPSA) is 71.4 Å². The van der Waals surface area contributed by atoms with E-state index in [1.54, 1.807) is 0 Å². The van der Waals surface area contributed by atoms with Crippen LogP contribution in [0, 0.1) is 0 Å². The summed E-state index contributed by atoms with van der Waals surface area (Å²) in [5.41, 5.74) is -1.33. The van der Waals surface area contributed by atoms with Gasteiger partial charge >= 0.3 is 0 Å². The summed E-state index contributed by atoms with van der Waals surface area (Å²) in [7, 11) is 0. The molecule has 1 rings (SSSR count). The molecule has 0 fully saturated rings. The molecule has 1 N–H and O–H groups in total. The number of aldehydes is 3. The molecule has 0 saturated carbocycles. The molecule has 68 valence electrons. The maximum absolute atomic E-state index is 10.5.